The van der Waals surface area contributed by atoms with Crippen molar-refractivity contribution < 1.29 is 23.7 Å². The Kier molecular flexibility index (Phi) is 17.6. The molecule has 9 nitrogen and oxygen atoms in total. The lowest BCUT2D eigenvalue weighted by Gasteiger charge is -2.09. The highest BCUT2D eigenvalue weighted by Crippen LogP contribution is 2.13. The fourth-order valence-corrected chi connectivity index (χ4v) is 3.24. The smallest absolute Gasteiger partial charge is 0.251 e. The number of amides is 1. The van der Waals surface area contributed by atoms with Crippen LogP contribution in [0.2, 0.25) is 0 Å². The number of carbonyl (C=O) groups excluding carboxylic acids is 1. The molecule has 0 bridgehead atoms. The third kappa shape index (κ3) is 18.0. The Hall–Kier alpha value is -4.27. The highest BCUT2D eigenvalue weighted by molar-refractivity contribution is 5.94. The van der Waals surface area contributed by atoms with E-state index in [0.29, 0.717) is 11.4 Å². The molecule has 1 aromatic heterocycles. The van der Waals surface area contributed by atoms with Gasteiger partial charge in [-0.25, -0.2) is 4.99 Å². The predicted molar refractivity (Wildman–Crippen MR) is 174 cm³/mol. The van der Waals surface area contributed by atoms with Gasteiger partial charge in [-0.05, 0) is 97.9 Å². The first-order chi connectivity index (χ1) is 20.4. The first kappa shape index (κ1) is 36.8. The van der Waals surface area contributed by atoms with Crippen molar-refractivity contribution in [2.45, 2.75) is 79.8 Å². The average Bonchev–Trinajstić information content (AvgIpc) is 3.60. The molecule has 0 spiro atoms. The SMILES string of the molecule is CC(C)OC1=NCC=C1.CC(C)Oc1ccccc1.CC(C)Oc1ccn(C)n1.CNC(=O)c1ccc(OC(C)C)cc1. The van der Waals surface area contributed by atoms with Crippen molar-refractivity contribution in [3.63, 3.8) is 0 Å². The predicted octanol–water partition coefficient (Wildman–Crippen LogP) is 6.89. The number of hydrogen-bond donors (Lipinski definition) is 1. The zero-order chi connectivity index (χ0) is 32.2. The molecule has 3 aromatic rings. The van der Waals surface area contributed by atoms with Crippen LogP contribution in [0.4, 0.5) is 0 Å². The van der Waals surface area contributed by atoms with E-state index >= 15 is 0 Å². The molecule has 0 atom stereocenters. The lowest BCUT2D eigenvalue weighted by atomic mass is 10.2. The van der Waals surface area contributed by atoms with Crippen LogP contribution in [0.5, 0.6) is 17.4 Å². The number of ether oxygens (including phenoxy) is 4. The zero-order valence-electron chi connectivity index (χ0n) is 27.4. The summed E-state index contributed by atoms with van der Waals surface area (Å²) in [5, 5.41) is 6.61. The number of aryl methyl sites for hydroxylation is 1. The molecule has 0 unspecified atom stereocenters. The van der Waals surface area contributed by atoms with Crippen LogP contribution in [0.3, 0.4) is 0 Å². The van der Waals surface area contributed by atoms with Gasteiger partial charge in [-0.2, -0.15) is 0 Å². The summed E-state index contributed by atoms with van der Waals surface area (Å²) < 4.78 is 23.2. The molecule has 0 fully saturated rings. The van der Waals surface area contributed by atoms with Crippen molar-refractivity contribution in [2.75, 3.05) is 13.6 Å². The number of benzene rings is 2. The Morgan fingerprint density at radius 2 is 1.28 bits per heavy atom. The molecule has 0 radical (unpaired) electrons. The van der Waals surface area contributed by atoms with Crippen LogP contribution in [-0.4, -0.2) is 59.6 Å². The van der Waals surface area contributed by atoms with Gasteiger partial charge in [-0.3, -0.25) is 9.48 Å². The second-order valence-corrected chi connectivity index (χ2v) is 10.5. The largest absolute Gasteiger partial charge is 0.491 e. The van der Waals surface area contributed by atoms with E-state index in [1.165, 1.54) is 0 Å². The first-order valence-electron chi connectivity index (χ1n) is 14.6. The molecular weight excluding hydrogens is 544 g/mol. The zero-order valence-corrected chi connectivity index (χ0v) is 27.4. The van der Waals surface area contributed by atoms with Crippen LogP contribution in [0.25, 0.3) is 0 Å². The van der Waals surface area contributed by atoms with Crippen molar-refractivity contribution in [1.29, 1.82) is 0 Å². The molecule has 2 heterocycles. The molecule has 43 heavy (non-hydrogen) atoms. The molecule has 4 rings (SSSR count). The van der Waals surface area contributed by atoms with Gasteiger partial charge in [0.05, 0.1) is 31.0 Å². The van der Waals surface area contributed by atoms with Crippen LogP contribution in [0.15, 0.2) is 84.0 Å². The second-order valence-electron chi connectivity index (χ2n) is 10.5. The minimum Gasteiger partial charge on any atom is -0.491 e. The molecule has 236 valence electrons. The van der Waals surface area contributed by atoms with E-state index < -0.39 is 0 Å². The quantitative estimate of drug-likeness (QED) is 0.305. The Bertz CT molecular complexity index is 1220. The maximum Gasteiger partial charge on any atom is 0.251 e. The highest BCUT2D eigenvalue weighted by atomic mass is 16.5. The summed E-state index contributed by atoms with van der Waals surface area (Å²) in [5.41, 5.74) is 0.642. The Morgan fingerprint density at radius 3 is 1.70 bits per heavy atom. The van der Waals surface area contributed by atoms with Gasteiger partial charge in [0.2, 0.25) is 11.8 Å². The van der Waals surface area contributed by atoms with Crippen molar-refractivity contribution in [3.05, 3.63) is 84.6 Å². The lowest BCUT2D eigenvalue weighted by molar-refractivity contribution is 0.0963. The Morgan fingerprint density at radius 1 is 0.744 bits per heavy atom. The van der Waals surface area contributed by atoms with Crippen LogP contribution >= 0.6 is 0 Å². The average molecular weight is 595 g/mol. The van der Waals surface area contributed by atoms with Gasteiger partial charge < -0.3 is 24.3 Å². The molecular formula is C34H50N4O5. The van der Waals surface area contributed by atoms with E-state index in [-0.39, 0.29) is 30.3 Å². The van der Waals surface area contributed by atoms with Gasteiger partial charge in [0.1, 0.15) is 11.5 Å². The van der Waals surface area contributed by atoms with E-state index in [1.807, 2.05) is 117 Å². The van der Waals surface area contributed by atoms with Crippen LogP contribution in [0.1, 0.15) is 65.7 Å². The standard InChI is InChI=1S/C11H15NO2.C9H12O.C7H12N2O.C7H11NO/c1-8(2)14-10-6-4-9(5-7-10)11(13)12-3;1-8(2)10-9-6-4-3-5-7-9;1-6(2)10-7-4-5-9(3)8-7;1-6(2)9-7-4-3-5-8-7/h4-8H,1-3H3,(H,12,13);3-8H,1-2H3;4-6H,1-3H3;3-4,6H,5H2,1-2H3. The molecule has 0 saturated heterocycles. The Balaban J connectivity index is 0.000000291. The minimum absolute atomic E-state index is 0.0823. The molecule has 1 aliphatic rings. The maximum absolute atomic E-state index is 11.2. The van der Waals surface area contributed by atoms with Gasteiger partial charge in [0, 0.05) is 31.9 Å². The molecule has 0 saturated carbocycles. The maximum atomic E-state index is 11.2. The summed E-state index contributed by atoms with van der Waals surface area (Å²) in [5.74, 6) is 3.11. The highest BCUT2D eigenvalue weighted by Gasteiger charge is 2.03. The normalized spacial score (nSPS) is 11.4. The lowest BCUT2D eigenvalue weighted by Crippen LogP contribution is -2.17. The number of aliphatic imine (C=N–C) groups is 1. The number of hydrogen-bond acceptors (Lipinski definition) is 7. The van der Waals surface area contributed by atoms with Crippen molar-refractivity contribution in [1.82, 2.24) is 15.1 Å². The van der Waals surface area contributed by atoms with Gasteiger partial charge in [0.25, 0.3) is 5.91 Å². The van der Waals surface area contributed by atoms with Crippen molar-refractivity contribution >= 4 is 11.8 Å². The van der Waals surface area contributed by atoms with Gasteiger partial charge in [0.15, 0.2) is 0 Å². The molecule has 2 aromatic carbocycles. The van der Waals surface area contributed by atoms with Gasteiger partial charge in [-0.15, -0.1) is 5.10 Å². The van der Waals surface area contributed by atoms with Crippen molar-refractivity contribution in [3.8, 4) is 17.4 Å². The number of nitrogens with one attached hydrogen (secondary N) is 1. The molecule has 1 N–H and O–H groups in total. The van der Waals surface area contributed by atoms with Crippen molar-refractivity contribution in [2.24, 2.45) is 12.0 Å². The van der Waals surface area contributed by atoms with E-state index in [9.17, 15) is 4.79 Å². The van der Waals surface area contributed by atoms with Crippen LogP contribution in [0, 0.1) is 0 Å². The third-order valence-electron chi connectivity index (χ3n) is 4.85. The molecule has 1 aliphatic heterocycles. The third-order valence-corrected chi connectivity index (χ3v) is 4.85. The fourth-order valence-electron chi connectivity index (χ4n) is 3.24. The van der Waals surface area contributed by atoms with E-state index in [4.69, 9.17) is 18.9 Å². The molecule has 0 aliphatic carbocycles. The summed E-state index contributed by atoms with van der Waals surface area (Å²) in [6, 6.07) is 18.8. The number of para-hydroxylation sites is 1. The Labute approximate surface area is 257 Å². The summed E-state index contributed by atoms with van der Waals surface area (Å²) in [4.78, 5) is 15.3. The van der Waals surface area contributed by atoms with E-state index in [0.717, 1.165) is 23.9 Å². The molecule has 9 heteroatoms. The molecule has 1 amide bonds. The number of carbonyl (C=O) groups is 1. The summed E-state index contributed by atoms with van der Waals surface area (Å²) in [7, 11) is 3.48. The van der Waals surface area contributed by atoms with Gasteiger partial charge >= 0.3 is 0 Å². The monoisotopic (exact) mass is 594 g/mol. The van der Waals surface area contributed by atoms with Crippen LogP contribution < -0.4 is 19.5 Å². The second kappa shape index (κ2) is 20.6. The minimum atomic E-state index is -0.0823. The summed E-state index contributed by atoms with van der Waals surface area (Å²) in [6.07, 6.45) is 6.61. The summed E-state index contributed by atoms with van der Waals surface area (Å²) >= 11 is 0. The van der Waals surface area contributed by atoms with E-state index in [2.05, 4.69) is 15.4 Å². The number of rotatable bonds is 8. The summed E-state index contributed by atoms with van der Waals surface area (Å²) in [6.45, 7) is 16.7. The van der Waals surface area contributed by atoms with E-state index in [1.54, 1.807) is 36.0 Å². The van der Waals surface area contributed by atoms with Crippen LogP contribution in [-0.2, 0) is 11.8 Å². The number of nitrogens with zero attached hydrogens (tertiary/aromatic N) is 3. The number of aromatic nitrogens is 2. The fraction of sp³-hybridized carbons (Fsp3) is 0.441. The van der Waals surface area contributed by atoms with Gasteiger partial charge in [-0.1, -0.05) is 24.3 Å². The first-order valence-corrected chi connectivity index (χ1v) is 14.6. The topological polar surface area (TPSA) is 96.2 Å².